The van der Waals surface area contributed by atoms with Gasteiger partial charge in [-0.1, -0.05) is 88.9 Å². The highest BCUT2D eigenvalue weighted by Gasteiger charge is 2.51. The molecule has 1 saturated heterocycles. The Hall–Kier alpha value is -2.53. The molecule has 0 spiro atoms. The van der Waals surface area contributed by atoms with Gasteiger partial charge in [-0.25, -0.2) is 9.18 Å². The number of alkyl halides is 3. The number of hydrogen-bond acceptors (Lipinski definition) is 5. The molecule has 13 heteroatoms. The van der Waals surface area contributed by atoms with Crippen LogP contribution in [-0.4, -0.2) is 63.6 Å². The van der Waals surface area contributed by atoms with E-state index in [0.29, 0.717) is 46.9 Å². The number of amides is 2. The molecule has 7 nitrogen and oxygen atoms in total. The smallest absolute Gasteiger partial charge is 0.411 e. The van der Waals surface area contributed by atoms with Gasteiger partial charge in [-0.3, -0.25) is 9.69 Å². The lowest BCUT2D eigenvalue weighted by molar-refractivity contribution is -0.119. The van der Waals surface area contributed by atoms with E-state index in [9.17, 15) is 14.0 Å². The van der Waals surface area contributed by atoms with Crippen LogP contribution in [0.4, 0.5) is 9.18 Å². The topological polar surface area (TPSA) is 79.9 Å². The lowest BCUT2D eigenvalue weighted by atomic mass is 9.81. The Kier molecular flexibility index (Phi) is 12.1. The van der Waals surface area contributed by atoms with Crippen molar-refractivity contribution in [3.63, 3.8) is 0 Å². The second-order valence-corrected chi connectivity index (χ2v) is 17.8. The minimum Gasteiger partial charge on any atom is -0.492 e. The van der Waals surface area contributed by atoms with Gasteiger partial charge >= 0.3 is 6.09 Å². The van der Waals surface area contributed by atoms with E-state index < -0.39 is 21.5 Å². The third kappa shape index (κ3) is 9.04. The molecule has 2 N–H and O–H groups in total. The number of piperazine rings is 1. The fourth-order valence-corrected chi connectivity index (χ4v) is 7.56. The SMILES string of the molecule is CC(C)(OC(=O)N1C2CNC[C@@H]1C(C(=O)NC1(CCc3ccccc3Cl)CC1)=C(c1ccc(CCCOc3cc(F)ccc3Br)cc1)C2)C(Cl)(Cl)Cl. The molecule has 1 saturated carbocycles. The lowest BCUT2D eigenvalue weighted by Crippen LogP contribution is -2.64. The summed E-state index contributed by atoms with van der Waals surface area (Å²) in [5.74, 6) is -0.0899. The van der Waals surface area contributed by atoms with Gasteiger partial charge in [-0.15, -0.1) is 0 Å². The first-order chi connectivity index (χ1) is 24.7. The quantitative estimate of drug-likeness (QED) is 0.140. The molecule has 3 aromatic rings. The lowest BCUT2D eigenvalue weighted by Gasteiger charge is -2.48. The number of nitrogens with one attached hydrogen (secondary N) is 2. The number of carbonyl (C=O) groups is 2. The molecule has 2 fully saturated rings. The van der Waals surface area contributed by atoms with Crippen LogP contribution in [0.2, 0.25) is 5.02 Å². The number of aryl methyl sites for hydroxylation is 2. The number of rotatable bonds is 12. The maximum atomic E-state index is 14.5. The molecule has 3 aromatic carbocycles. The Bertz CT molecular complexity index is 1830. The van der Waals surface area contributed by atoms with Crippen molar-refractivity contribution in [2.45, 2.75) is 85.8 Å². The van der Waals surface area contributed by atoms with Crippen LogP contribution in [0.5, 0.6) is 5.75 Å². The highest BCUT2D eigenvalue weighted by atomic mass is 79.9. The Morgan fingerprint density at radius 2 is 1.77 bits per heavy atom. The minimum absolute atomic E-state index is 0.206. The second kappa shape index (κ2) is 16.1. The predicted octanol–water partition coefficient (Wildman–Crippen LogP) is 9.62. The van der Waals surface area contributed by atoms with Crippen LogP contribution in [0.15, 0.2) is 76.8 Å². The largest absolute Gasteiger partial charge is 0.492 e. The van der Waals surface area contributed by atoms with Crippen LogP contribution >= 0.6 is 62.3 Å². The van der Waals surface area contributed by atoms with Gasteiger partial charge in [-0.2, -0.15) is 0 Å². The first-order valence-electron chi connectivity index (χ1n) is 17.4. The highest BCUT2D eigenvalue weighted by Crippen LogP contribution is 2.44. The van der Waals surface area contributed by atoms with Crippen LogP contribution in [0.1, 0.15) is 62.6 Å². The Labute approximate surface area is 332 Å². The first-order valence-corrected chi connectivity index (χ1v) is 19.7. The Morgan fingerprint density at radius 3 is 2.46 bits per heavy atom. The molecule has 52 heavy (non-hydrogen) atoms. The molecular weight excluding hydrogens is 815 g/mol. The summed E-state index contributed by atoms with van der Waals surface area (Å²) >= 11 is 28.4. The summed E-state index contributed by atoms with van der Waals surface area (Å²) < 4.78 is 24.1. The van der Waals surface area contributed by atoms with Gasteiger partial charge in [0.25, 0.3) is 0 Å². The number of benzene rings is 3. The van der Waals surface area contributed by atoms with Gasteiger partial charge in [0.15, 0.2) is 5.60 Å². The van der Waals surface area contributed by atoms with Crippen molar-refractivity contribution in [2.75, 3.05) is 19.7 Å². The second-order valence-electron chi connectivity index (χ2n) is 14.3. The molecule has 278 valence electrons. The molecule has 2 heterocycles. The molecule has 2 bridgehead atoms. The number of ether oxygens (including phenoxy) is 2. The molecule has 2 aliphatic heterocycles. The van der Waals surface area contributed by atoms with Crippen LogP contribution < -0.4 is 15.4 Å². The standard InChI is InChI=1S/C39H41BrCl4FN3O4/c1-37(2,39(42,43)44)52-36(50)48-28-21-29(25-11-9-24(10-12-25)6-5-19-51-33-20-27(45)13-14-30(33)40)34(32(48)23-46-22-28)35(49)47-38(17-18-38)16-15-26-7-3-4-8-31(26)41/h3-4,7-14,20,28,32,46H,5-6,15-19,21-23H2,1-2H3,(H,47,49)/t28?,32-/m1/s1. The van der Waals surface area contributed by atoms with Crippen LogP contribution in [-0.2, 0) is 22.4 Å². The van der Waals surface area contributed by atoms with Gasteiger partial charge in [0.1, 0.15) is 11.6 Å². The zero-order chi connectivity index (χ0) is 37.3. The van der Waals surface area contributed by atoms with E-state index in [-0.39, 0.29) is 23.3 Å². The van der Waals surface area contributed by atoms with E-state index >= 15 is 0 Å². The van der Waals surface area contributed by atoms with Gasteiger partial charge in [-0.05, 0) is 115 Å². The summed E-state index contributed by atoms with van der Waals surface area (Å²) in [5, 5.41) is 7.51. The van der Waals surface area contributed by atoms with Gasteiger partial charge in [0, 0.05) is 35.3 Å². The highest BCUT2D eigenvalue weighted by molar-refractivity contribution is 9.10. The van der Waals surface area contributed by atoms with Crippen molar-refractivity contribution in [3.8, 4) is 5.75 Å². The van der Waals surface area contributed by atoms with E-state index in [1.807, 2.05) is 36.4 Å². The number of nitrogens with zero attached hydrogens (tertiary/aromatic N) is 1. The van der Waals surface area contributed by atoms with Crippen LogP contribution in [0.3, 0.4) is 0 Å². The number of halogens is 6. The summed E-state index contributed by atoms with van der Waals surface area (Å²) in [4.78, 5) is 30.0. The number of carbonyl (C=O) groups excluding carboxylic acids is 2. The average molecular weight is 856 g/mol. The number of hydrogen-bond donors (Lipinski definition) is 2. The normalized spacial score (nSPS) is 19.7. The first kappa shape index (κ1) is 39.2. The van der Waals surface area contributed by atoms with Crippen molar-refractivity contribution in [1.82, 2.24) is 15.5 Å². The fraction of sp³-hybridized carbons (Fsp3) is 0.436. The average Bonchev–Trinajstić information content (AvgIpc) is 3.85. The van der Waals surface area contributed by atoms with E-state index in [1.165, 1.54) is 12.1 Å². The molecule has 3 aliphatic rings. The third-order valence-corrected chi connectivity index (χ3v) is 12.5. The van der Waals surface area contributed by atoms with Gasteiger partial charge in [0.05, 0.1) is 23.2 Å². The Morgan fingerprint density at radius 1 is 1.04 bits per heavy atom. The summed E-state index contributed by atoms with van der Waals surface area (Å²) in [6.07, 6.45) is 4.46. The van der Waals surface area contributed by atoms with Crippen molar-refractivity contribution in [3.05, 3.63) is 104 Å². The van der Waals surface area contributed by atoms with Crippen LogP contribution in [0.25, 0.3) is 5.57 Å². The maximum Gasteiger partial charge on any atom is 0.411 e. The Balaban J connectivity index is 1.24. The van der Waals surface area contributed by atoms with Crippen molar-refractivity contribution in [1.29, 1.82) is 0 Å². The third-order valence-electron chi connectivity index (χ3n) is 10.2. The van der Waals surface area contributed by atoms with Crippen LogP contribution in [0, 0.1) is 5.82 Å². The molecule has 1 unspecified atom stereocenters. The minimum atomic E-state index is -1.86. The predicted molar refractivity (Wildman–Crippen MR) is 209 cm³/mol. The van der Waals surface area contributed by atoms with Crippen molar-refractivity contribution < 1.29 is 23.5 Å². The molecule has 2 amide bonds. The van der Waals surface area contributed by atoms with Gasteiger partial charge in [0.2, 0.25) is 9.70 Å². The molecule has 6 rings (SSSR count). The zero-order valence-electron chi connectivity index (χ0n) is 28.9. The van der Waals surface area contributed by atoms with E-state index in [4.69, 9.17) is 55.9 Å². The number of fused-ring (bicyclic) bond motifs is 2. The van der Waals surface area contributed by atoms with E-state index in [0.717, 1.165) is 60.8 Å². The van der Waals surface area contributed by atoms with E-state index in [2.05, 4.69) is 38.7 Å². The zero-order valence-corrected chi connectivity index (χ0v) is 33.5. The summed E-state index contributed by atoms with van der Waals surface area (Å²) in [6.45, 7) is 4.40. The summed E-state index contributed by atoms with van der Waals surface area (Å²) in [7, 11) is 0. The molecule has 1 aliphatic carbocycles. The maximum absolute atomic E-state index is 14.5. The molecule has 0 aromatic heterocycles. The van der Waals surface area contributed by atoms with Crippen molar-refractivity contribution in [2.24, 2.45) is 0 Å². The molecule has 0 radical (unpaired) electrons. The summed E-state index contributed by atoms with van der Waals surface area (Å²) in [5.41, 5.74) is 2.70. The van der Waals surface area contributed by atoms with Crippen molar-refractivity contribution >= 4 is 79.9 Å². The fourth-order valence-electron chi connectivity index (χ4n) is 6.85. The van der Waals surface area contributed by atoms with Gasteiger partial charge < -0.3 is 20.1 Å². The van der Waals surface area contributed by atoms with E-state index in [1.54, 1.807) is 24.8 Å². The molecule has 2 atom stereocenters. The monoisotopic (exact) mass is 853 g/mol. The molecular formula is C39H41BrCl4FN3O4. The summed E-state index contributed by atoms with van der Waals surface area (Å²) in [6, 6.07) is 19.4.